The number of carbonyl (C=O) groups excluding carboxylic acids is 1. The normalized spacial score (nSPS) is 14.4. The summed E-state index contributed by atoms with van der Waals surface area (Å²) in [6.45, 7) is 2.56. The van der Waals surface area contributed by atoms with E-state index in [2.05, 4.69) is 10.6 Å². The molecule has 0 heterocycles. The highest BCUT2D eigenvalue weighted by molar-refractivity contribution is 6.01. The highest BCUT2D eigenvalue weighted by Crippen LogP contribution is 2.29. The third-order valence-corrected chi connectivity index (χ3v) is 3.48. The molecule has 1 aliphatic carbocycles. The number of hydrogen-bond acceptors (Lipinski definition) is 4. The van der Waals surface area contributed by atoms with Crippen LogP contribution in [0.25, 0.3) is 0 Å². The van der Waals surface area contributed by atoms with Crippen LogP contribution in [-0.4, -0.2) is 23.4 Å². The first-order valence-corrected chi connectivity index (χ1v) is 6.95. The summed E-state index contributed by atoms with van der Waals surface area (Å²) >= 11 is 0. The van der Waals surface area contributed by atoms with Gasteiger partial charge in [0.25, 0.3) is 11.6 Å². The molecule has 0 spiro atoms. The number of amides is 1. The molecule has 1 amide bonds. The van der Waals surface area contributed by atoms with E-state index in [9.17, 15) is 14.9 Å². The summed E-state index contributed by atoms with van der Waals surface area (Å²) in [6, 6.07) is 4.79. The first-order valence-electron chi connectivity index (χ1n) is 6.95. The Kier molecular flexibility index (Phi) is 4.55. The Morgan fingerprint density at radius 2 is 2.20 bits per heavy atom. The zero-order chi connectivity index (χ0) is 14.5. The maximum absolute atomic E-state index is 12.2. The molecule has 20 heavy (non-hydrogen) atoms. The van der Waals surface area contributed by atoms with Gasteiger partial charge in [0.05, 0.1) is 10.5 Å². The number of anilines is 1. The molecule has 2 N–H and O–H groups in total. The summed E-state index contributed by atoms with van der Waals surface area (Å²) in [4.78, 5) is 22.9. The van der Waals surface area contributed by atoms with E-state index in [1.54, 1.807) is 12.1 Å². The van der Waals surface area contributed by atoms with Gasteiger partial charge >= 0.3 is 0 Å². The monoisotopic (exact) mass is 277 g/mol. The summed E-state index contributed by atoms with van der Waals surface area (Å²) in [5.41, 5.74) is 0.607. The van der Waals surface area contributed by atoms with Crippen LogP contribution in [0.1, 0.15) is 43.0 Å². The highest BCUT2D eigenvalue weighted by atomic mass is 16.6. The van der Waals surface area contributed by atoms with Crippen LogP contribution in [-0.2, 0) is 0 Å². The van der Waals surface area contributed by atoms with E-state index < -0.39 is 4.92 Å². The van der Waals surface area contributed by atoms with Gasteiger partial charge in [0.1, 0.15) is 5.69 Å². The topological polar surface area (TPSA) is 84.3 Å². The third-order valence-electron chi connectivity index (χ3n) is 3.48. The molecule has 6 nitrogen and oxygen atoms in total. The minimum Gasteiger partial charge on any atom is -0.379 e. The zero-order valence-corrected chi connectivity index (χ0v) is 11.5. The number of carbonyl (C=O) groups is 1. The van der Waals surface area contributed by atoms with Crippen molar-refractivity contribution in [3.8, 4) is 0 Å². The van der Waals surface area contributed by atoms with Crippen LogP contribution < -0.4 is 10.6 Å². The standard InChI is InChI=1S/C14H19N3O3/c1-2-9-15-13-11(7-4-8-12(13)17(19)20)14(18)16-10-5-3-6-10/h4,7-8,10,15H,2-3,5-6,9H2,1H3,(H,16,18). The smallest absolute Gasteiger partial charge is 0.293 e. The molecule has 1 aliphatic rings. The predicted molar refractivity (Wildman–Crippen MR) is 77.0 cm³/mol. The summed E-state index contributed by atoms with van der Waals surface area (Å²) < 4.78 is 0. The Hall–Kier alpha value is -2.11. The SMILES string of the molecule is CCCNc1c(C(=O)NC2CCC2)cccc1[N+](=O)[O-]. The lowest BCUT2D eigenvalue weighted by atomic mass is 9.93. The molecule has 1 saturated carbocycles. The number of nitro benzene ring substituents is 1. The minimum absolute atomic E-state index is 0.0558. The molecule has 0 unspecified atom stereocenters. The predicted octanol–water partition coefficient (Wildman–Crippen LogP) is 2.70. The van der Waals surface area contributed by atoms with Crippen LogP contribution in [0.3, 0.4) is 0 Å². The molecule has 6 heteroatoms. The molecule has 1 aromatic carbocycles. The molecule has 0 saturated heterocycles. The lowest BCUT2D eigenvalue weighted by Crippen LogP contribution is -2.39. The Balaban J connectivity index is 2.26. The number of rotatable bonds is 6. The van der Waals surface area contributed by atoms with Gasteiger partial charge in [-0.3, -0.25) is 14.9 Å². The first kappa shape index (κ1) is 14.3. The van der Waals surface area contributed by atoms with Crippen LogP contribution >= 0.6 is 0 Å². The molecule has 0 aliphatic heterocycles. The van der Waals surface area contributed by atoms with Crippen LogP contribution in [0, 0.1) is 10.1 Å². The average Bonchev–Trinajstić information content (AvgIpc) is 2.39. The van der Waals surface area contributed by atoms with E-state index in [1.807, 2.05) is 6.92 Å². The van der Waals surface area contributed by atoms with E-state index in [0.29, 0.717) is 17.8 Å². The van der Waals surface area contributed by atoms with Crippen LogP contribution in [0.4, 0.5) is 11.4 Å². The Labute approximate surface area is 117 Å². The maximum atomic E-state index is 12.2. The minimum atomic E-state index is -0.460. The van der Waals surface area contributed by atoms with Crippen molar-refractivity contribution in [2.45, 2.75) is 38.6 Å². The number of nitro groups is 1. The first-order chi connectivity index (χ1) is 9.63. The summed E-state index contributed by atoms with van der Waals surface area (Å²) in [5.74, 6) is -0.239. The molecule has 108 valence electrons. The van der Waals surface area contributed by atoms with Crippen LogP contribution in [0.5, 0.6) is 0 Å². The Morgan fingerprint density at radius 1 is 1.45 bits per heavy atom. The van der Waals surface area contributed by atoms with Crippen molar-refractivity contribution in [3.63, 3.8) is 0 Å². The number of hydrogen-bond donors (Lipinski definition) is 2. The average molecular weight is 277 g/mol. The molecule has 0 aromatic heterocycles. The van der Waals surface area contributed by atoms with E-state index in [0.717, 1.165) is 25.7 Å². The molecule has 1 aromatic rings. The molecule has 0 radical (unpaired) electrons. The summed E-state index contributed by atoms with van der Waals surface area (Å²) in [6.07, 6.45) is 3.92. The number of nitrogens with zero attached hydrogens (tertiary/aromatic N) is 1. The van der Waals surface area contributed by atoms with Gasteiger partial charge in [-0.1, -0.05) is 13.0 Å². The van der Waals surface area contributed by atoms with Crippen molar-refractivity contribution in [2.24, 2.45) is 0 Å². The molecule has 1 fully saturated rings. The number of benzene rings is 1. The van der Waals surface area contributed by atoms with E-state index in [4.69, 9.17) is 0 Å². The molecule has 0 bridgehead atoms. The van der Waals surface area contributed by atoms with E-state index in [-0.39, 0.29) is 17.6 Å². The van der Waals surface area contributed by atoms with Crippen LogP contribution in [0.2, 0.25) is 0 Å². The van der Waals surface area contributed by atoms with E-state index >= 15 is 0 Å². The number of nitrogens with one attached hydrogen (secondary N) is 2. The molecular weight excluding hydrogens is 258 g/mol. The van der Waals surface area contributed by atoms with Crippen molar-refractivity contribution < 1.29 is 9.72 Å². The van der Waals surface area contributed by atoms with Gasteiger partial charge in [0.15, 0.2) is 0 Å². The summed E-state index contributed by atoms with van der Waals surface area (Å²) in [7, 11) is 0. The quantitative estimate of drug-likeness (QED) is 0.618. The fourth-order valence-electron chi connectivity index (χ4n) is 2.13. The van der Waals surface area contributed by atoms with Gasteiger partial charge in [-0.2, -0.15) is 0 Å². The van der Waals surface area contributed by atoms with Crippen molar-refractivity contribution in [2.75, 3.05) is 11.9 Å². The van der Waals surface area contributed by atoms with Gasteiger partial charge in [0, 0.05) is 18.7 Å². The fourth-order valence-corrected chi connectivity index (χ4v) is 2.13. The Bertz CT molecular complexity index is 512. The van der Waals surface area contributed by atoms with Crippen molar-refractivity contribution in [1.29, 1.82) is 0 Å². The molecular formula is C14H19N3O3. The zero-order valence-electron chi connectivity index (χ0n) is 11.5. The second-order valence-electron chi connectivity index (χ2n) is 4.98. The summed E-state index contributed by atoms with van der Waals surface area (Å²) in [5, 5.41) is 17.0. The van der Waals surface area contributed by atoms with Crippen molar-refractivity contribution in [1.82, 2.24) is 5.32 Å². The lowest BCUT2D eigenvalue weighted by molar-refractivity contribution is -0.384. The van der Waals surface area contributed by atoms with Gasteiger partial charge in [-0.05, 0) is 31.7 Å². The second kappa shape index (κ2) is 6.36. The van der Waals surface area contributed by atoms with E-state index in [1.165, 1.54) is 6.07 Å². The maximum Gasteiger partial charge on any atom is 0.293 e. The van der Waals surface area contributed by atoms with Gasteiger partial charge < -0.3 is 10.6 Å². The van der Waals surface area contributed by atoms with Crippen molar-refractivity contribution >= 4 is 17.3 Å². The van der Waals surface area contributed by atoms with Crippen molar-refractivity contribution in [3.05, 3.63) is 33.9 Å². The lowest BCUT2D eigenvalue weighted by Gasteiger charge is -2.26. The fraction of sp³-hybridized carbons (Fsp3) is 0.500. The van der Waals surface area contributed by atoms with Gasteiger partial charge in [-0.25, -0.2) is 0 Å². The molecule has 2 rings (SSSR count). The van der Waals surface area contributed by atoms with Gasteiger partial charge in [-0.15, -0.1) is 0 Å². The molecule has 0 atom stereocenters. The third kappa shape index (κ3) is 3.07. The Morgan fingerprint density at radius 3 is 2.75 bits per heavy atom. The number of para-hydroxylation sites is 1. The van der Waals surface area contributed by atoms with Crippen LogP contribution in [0.15, 0.2) is 18.2 Å². The van der Waals surface area contributed by atoms with Gasteiger partial charge in [0.2, 0.25) is 0 Å². The second-order valence-corrected chi connectivity index (χ2v) is 4.98. The highest BCUT2D eigenvalue weighted by Gasteiger charge is 2.25. The largest absolute Gasteiger partial charge is 0.379 e.